The minimum absolute atomic E-state index is 0.0622. The maximum atomic E-state index is 11.1. The van der Waals surface area contributed by atoms with Crippen LogP contribution in [-0.2, 0) is 11.3 Å². The highest BCUT2D eigenvalue weighted by atomic mass is 16.1. The van der Waals surface area contributed by atoms with Gasteiger partial charge >= 0.3 is 0 Å². The Morgan fingerprint density at radius 1 is 1.14 bits per heavy atom. The lowest BCUT2D eigenvalue weighted by Crippen LogP contribution is -2.05. The Morgan fingerprint density at radius 2 is 1.95 bits per heavy atom. The predicted molar refractivity (Wildman–Crippen MR) is 87.5 cm³/mol. The molecule has 0 bridgehead atoms. The number of aromatic nitrogens is 2. The molecule has 4 heteroatoms. The maximum Gasteiger partial charge on any atom is 0.221 e. The highest BCUT2D eigenvalue weighted by Gasteiger charge is 2.01. The van der Waals surface area contributed by atoms with Crippen LogP contribution in [0.15, 0.2) is 67.3 Å². The van der Waals surface area contributed by atoms with Crippen LogP contribution in [0.3, 0.4) is 0 Å². The van der Waals surface area contributed by atoms with Gasteiger partial charge in [0.1, 0.15) is 0 Å². The van der Waals surface area contributed by atoms with Gasteiger partial charge in [0, 0.05) is 31.5 Å². The Morgan fingerprint density at radius 3 is 2.64 bits per heavy atom. The summed E-state index contributed by atoms with van der Waals surface area (Å²) < 4.78 is 2.03. The molecule has 0 aliphatic heterocycles. The van der Waals surface area contributed by atoms with Crippen LogP contribution < -0.4 is 5.32 Å². The largest absolute Gasteiger partial charge is 0.333 e. The predicted octanol–water partition coefficient (Wildman–Crippen LogP) is 3.56. The molecular weight excluding hydrogens is 274 g/mol. The van der Waals surface area contributed by atoms with E-state index in [0.29, 0.717) is 0 Å². The number of hydrogen-bond acceptors (Lipinski definition) is 2. The first-order chi connectivity index (χ1) is 10.7. The summed E-state index contributed by atoms with van der Waals surface area (Å²) >= 11 is 0. The zero-order valence-corrected chi connectivity index (χ0v) is 12.4. The van der Waals surface area contributed by atoms with E-state index in [-0.39, 0.29) is 5.91 Å². The first-order valence-electron chi connectivity index (χ1n) is 7.13. The molecule has 1 heterocycles. The van der Waals surface area contributed by atoms with Crippen LogP contribution in [0.1, 0.15) is 12.5 Å². The molecule has 3 rings (SSSR count). The van der Waals surface area contributed by atoms with Gasteiger partial charge in [-0.25, -0.2) is 4.98 Å². The Labute approximate surface area is 129 Å². The van der Waals surface area contributed by atoms with Crippen molar-refractivity contribution in [1.82, 2.24) is 9.55 Å². The number of benzene rings is 2. The SMILES string of the molecule is CC(=O)Nc1cccc(-c2ccc(Cn3ccnc3)cc2)c1. The Hall–Kier alpha value is -2.88. The number of hydrogen-bond donors (Lipinski definition) is 1. The summed E-state index contributed by atoms with van der Waals surface area (Å²) in [6.45, 7) is 2.32. The molecule has 0 atom stereocenters. The van der Waals surface area contributed by atoms with Crippen LogP contribution in [0.4, 0.5) is 5.69 Å². The smallest absolute Gasteiger partial charge is 0.221 e. The molecule has 3 aromatic rings. The van der Waals surface area contributed by atoms with E-state index < -0.39 is 0 Å². The molecule has 0 saturated carbocycles. The zero-order chi connectivity index (χ0) is 15.4. The summed E-state index contributed by atoms with van der Waals surface area (Å²) in [5, 5.41) is 2.81. The standard InChI is InChI=1S/C18H17N3O/c1-14(22)20-18-4-2-3-17(11-18)16-7-5-15(6-8-16)12-21-10-9-19-13-21/h2-11,13H,12H2,1H3,(H,20,22). The molecule has 0 saturated heterocycles. The summed E-state index contributed by atoms with van der Waals surface area (Å²) in [6.07, 6.45) is 5.54. The van der Waals surface area contributed by atoms with Gasteiger partial charge in [-0.3, -0.25) is 4.79 Å². The molecule has 22 heavy (non-hydrogen) atoms. The van der Waals surface area contributed by atoms with Gasteiger partial charge in [0.2, 0.25) is 5.91 Å². The van der Waals surface area contributed by atoms with Crippen LogP contribution in [0.25, 0.3) is 11.1 Å². The number of amides is 1. The van der Waals surface area contributed by atoms with E-state index >= 15 is 0 Å². The van der Waals surface area contributed by atoms with Crippen molar-refractivity contribution in [2.75, 3.05) is 5.32 Å². The second-order valence-electron chi connectivity index (χ2n) is 5.19. The van der Waals surface area contributed by atoms with Crippen molar-refractivity contribution in [1.29, 1.82) is 0 Å². The summed E-state index contributed by atoms with van der Waals surface area (Å²) in [5.41, 5.74) is 4.24. The van der Waals surface area contributed by atoms with Gasteiger partial charge in [-0.15, -0.1) is 0 Å². The van der Waals surface area contributed by atoms with E-state index in [0.717, 1.165) is 23.4 Å². The molecule has 1 amide bonds. The van der Waals surface area contributed by atoms with Crippen molar-refractivity contribution in [2.24, 2.45) is 0 Å². The van der Waals surface area contributed by atoms with E-state index in [1.165, 1.54) is 12.5 Å². The number of carbonyl (C=O) groups excluding carboxylic acids is 1. The highest BCUT2D eigenvalue weighted by Crippen LogP contribution is 2.23. The molecule has 0 unspecified atom stereocenters. The van der Waals surface area contributed by atoms with E-state index in [2.05, 4.69) is 34.6 Å². The molecule has 0 fully saturated rings. The van der Waals surface area contributed by atoms with Crippen molar-refractivity contribution < 1.29 is 4.79 Å². The van der Waals surface area contributed by atoms with Crippen LogP contribution in [0.2, 0.25) is 0 Å². The van der Waals surface area contributed by atoms with Crippen LogP contribution in [0, 0.1) is 0 Å². The number of imidazole rings is 1. The summed E-state index contributed by atoms with van der Waals surface area (Å²) in [7, 11) is 0. The molecule has 1 aromatic heterocycles. The van der Waals surface area contributed by atoms with Crippen molar-refractivity contribution in [3.05, 3.63) is 72.8 Å². The van der Waals surface area contributed by atoms with Crippen LogP contribution in [-0.4, -0.2) is 15.5 Å². The third kappa shape index (κ3) is 3.41. The third-order valence-corrected chi connectivity index (χ3v) is 3.39. The highest BCUT2D eigenvalue weighted by molar-refractivity contribution is 5.89. The van der Waals surface area contributed by atoms with Gasteiger partial charge in [-0.05, 0) is 28.8 Å². The Kier molecular flexibility index (Phi) is 4.01. The van der Waals surface area contributed by atoms with Crippen molar-refractivity contribution in [3.8, 4) is 11.1 Å². The number of rotatable bonds is 4. The second-order valence-corrected chi connectivity index (χ2v) is 5.19. The van der Waals surface area contributed by atoms with Gasteiger partial charge in [0.15, 0.2) is 0 Å². The number of carbonyl (C=O) groups is 1. The van der Waals surface area contributed by atoms with Crippen LogP contribution >= 0.6 is 0 Å². The molecule has 110 valence electrons. The van der Waals surface area contributed by atoms with E-state index in [1.54, 1.807) is 6.20 Å². The first-order valence-corrected chi connectivity index (χ1v) is 7.13. The van der Waals surface area contributed by atoms with Crippen LogP contribution in [0.5, 0.6) is 0 Å². The average molecular weight is 291 g/mol. The first kappa shape index (κ1) is 14.1. The van der Waals surface area contributed by atoms with E-state index in [9.17, 15) is 4.79 Å². The molecule has 0 radical (unpaired) electrons. The second kappa shape index (κ2) is 6.26. The van der Waals surface area contributed by atoms with E-state index in [1.807, 2.05) is 41.4 Å². The minimum atomic E-state index is -0.0622. The quantitative estimate of drug-likeness (QED) is 0.799. The molecular formula is C18H17N3O. The van der Waals surface area contributed by atoms with Crippen molar-refractivity contribution in [2.45, 2.75) is 13.5 Å². The molecule has 0 spiro atoms. The maximum absolute atomic E-state index is 11.1. The topological polar surface area (TPSA) is 46.9 Å². The molecule has 4 nitrogen and oxygen atoms in total. The van der Waals surface area contributed by atoms with E-state index in [4.69, 9.17) is 0 Å². The zero-order valence-electron chi connectivity index (χ0n) is 12.4. The fourth-order valence-electron chi connectivity index (χ4n) is 2.37. The Balaban J connectivity index is 1.79. The normalized spacial score (nSPS) is 10.4. The number of anilines is 1. The minimum Gasteiger partial charge on any atom is -0.333 e. The molecule has 0 aliphatic rings. The van der Waals surface area contributed by atoms with Crippen molar-refractivity contribution in [3.63, 3.8) is 0 Å². The van der Waals surface area contributed by atoms with Gasteiger partial charge in [0.05, 0.1) is 6.33 Å². The third-order valence-electron chi connectivity index (χ3n) is 3.39. The molecule has 2 aromatic carbocycles. The monoisotopic (exact) mass is 291 g/mol. The van der Waals surface area contributed by atoms with Gasteiger partial charge < -0.3 is 9.88 Å². The lowest BCUT2D eigenvalue weighted by Gasteiger charge is -2.08. The van der Waals surface area contributed by atoms with Crippen molar-refractivity contribution >= 4 is 11.6 Å². The summed E-state index contributed by atoms with van der Waals surface area (Å²) in [5.74, 6) is -0.0622. The van der Waals surface area contributed by atoms with Gasteiger partial charge in [0.25, 0.3) is 0 Å². The fourth-order valence-corrected chi connectivity index (χ4v) is 2.37. The summed E-state index contributed by atoms with van der Waals surface area (Å²) in [4.78, 5) is 15.2. The van der Waals surface area contributed by atoms with Gasteiger partial charge in [-0.2, -0.15) is 0 Å². The number of nitrogens with zero attached hydrogens (tertiary/aromatic N) is 2. The lowest BCUT2D eigenvalue weighted by molar-refractivity contribution is -0.114. The lowest BCUT2D eigenvalue weighted by atomic mass is 10.0. The Bertz CT molecular complexity index is 761. The molecule has 0 aliphatic carbocycles. The number of nitrogens with one attached hydrogen (secondary N) is 1. The average Bonchev–Trinajstić information content (AvgIpc) is 3.01. The molecule has 1 N–H and O–H groups in total. The van der Waals surface area contributed by atoms with Gasteiger partial charge in [-0.1, -0.05) is 36.4 Å². The fraction of sp³-hybridized carbons (Fsp3) is 0.111. The summed E-state index contributed by atoms with van der Waals surface area (Å²) in [6, 6.07) is 16.3.